The molecular formula is C18H28N2O2. The molecule has 0 spiro atoms. The van der Waals surface area contributed by atoms with Crippen molar-refractivity contribution in [3.8, 4) is 0 Å². The van der Waals surface area contributed by atoms with Gasteiger partial charge >= 0.3 is 0 Å². The van der Waals surface area contributed by atoms with Crippen LogP contribution in [0.25, 0.3) is 0 Å². The molecule has 22 heavy (non-hydrogen) atoms. The first-order valence-electron chi connectivity index (χ1n) is 8.64. The summed E-state index contributed by atoms with van der Waals surface area (Å²) in [5.41, 5.74) is 2.46. The molecule has 2 fully saturated rings. The van der Waals surface area contributed by atoms with Crippen molar-refractivity contribution in [1.82, 2.24) is 0 Å². The van der Waals surface area contributed by atoms with E-state index in [1.54, 1.807) is 0 Å². The molecule has 1 aliphatic carbocycles. The van der Waals surface area contributed by atoms with E-state index in [0.29, 0.717) is 18.4 Å². The van der Waals surface area contributed by atoms with Crippen molar-refractivity contribution < 1.29 is 9.84 Å². The highest BCUT2D eigenvalue weighted by Gasteiger charge is 2.24. The highest BCUT2D eigenvalue weighted by molar-refractivity contribution is 5.55. The molecule has 0 aromatic heterocycles. The Hall–Kier alpha value is -1.26. The summed E-state index contributed by atoms with van der Waals surface area (Å²) in [5, 5.41) is 13.1. The van der Waals surface area contributed by atoms with Crippen LogP contribution >= 0.6 is 0 Å². The quantitative estimate of drug-likeness (QED) is 0.878. The Bertz CT molecular complexity index is 443. The Morgan fingerprint density at radius 3 is 2.41 bits per heavy atom. The van der Waals surface area contributed by atoms with E-state index in [1.165, 1.54) is 37.1 Å². The van der Waals surface area contributed by atoms with Crippen LogP contribution in [-0.2, 0) is 4.74 Å². The van der Waals surface area contributed by atoms with Crippen LogP contribution in [0.5, 0.6) is 0 Å². The van der Waals surface area contributed by atoms with E-state index in [1.807, 2.05) is 0 Å². The molecule has 1 saturated heterocycles. The molecule has 3 rings (SSSR count). The standard InChI is InChI=1S/C18H28N2O2/c21-14-16-4-2-1-3-15(16)13-19-17-5-7-18(8-6-17)20-9-11-22-12-10-20/h5-8,15-16,19,21H,1-4,9-14H2. The van der Waals surface area contributed by atoms with Crippen molar-refractivity contribution in [1.29, 1.82) is 0 Å². The number of nitrogens with one attached hydrogen (secondary N) is 1. The van der Waals surface area contributed by atoms with Gasteiger partial charge in [-0.3, -0.25) is 0 Å². The smallest absolute Gasteiger partial charge is 0.0642 e. The molecule has 2 aliphatic rings. The Morgan fingerprint density at radius 1 is 1.05 bits per heavy atom. The molecule has 0 bridgehead atoms. The molecule has 2 unspecified atom stereocenters. The minimum absolute atomic E-state index is 0.336. The summed E-state index contributed by atoms with van der Waals surface area (Å²) >= 11 is 0. The van der Waals surface area contributed by atoms with Gasteiger partial charge in [-0.25, -0.2) is 0 Å². The number of ether oxygens (including phenoxy) is 1. The predicted octanol–water partition coefficient (Wildman–Crippen LogP) is 2.73. The van der Waals surface area contributed by atoms with Crippen molar-refractivity contribution in [3.05, 3.63) is 24.3 Å². The molecule has 1 saturated carbocycles. The first-order valence-corrected chi connectivity index (χ1v) is 8.64. The lowest BCUT2D eigenvalue weighted by Crippen LogP contribution is -2.36. The molecule has 1 aliphatic heterocycles. The zero-order valence-electron chi connectivity index (χ0n) is 13.3. The fraction of sp³-hybridized carbons (Fsp3) is 0.667. The summed E-state index contributed by atoms with van der Waals surface area (Å²) in [6.07, 6.45) is 5.00. The summed E-state index contributed by atoms with van der Waals surface area (Å²) in [7, 11) is 0. The first kappa shape index (κ1) is 15.6. The fourth-order valence-electron chi connectivity index (χ4n) is 3.65. The minimum Gasteiger partial charge on any atom is -0.396 e. The third kappa shape index (κ3) is 3.93. The van der Waals surface area contributed by atoms with Gasteiger partial charge in [0.15, 0.2) is 0 Å². The van der Waals surface area contributed by atoms with E-state index in [0.717, 1.165) is 32.8 Å². The molecule has 4 heteroatoms. The van der Waals surface area contributed by atoms with Crippen LogP contribution in [0.3, 0.4) is 0 Å². The highest BCUT2D eigenvalue weighted by atomic mass is 16.5. The van der Waals surface area contributed by atoms with Gasteiger partial charge in [0.05, 0.1) is 13.2 Å². The van der Waals surface area contributed by atoms with Gasteiger partial charge in [0.1, 0.15) is 0 Å². The van der Waals surface area contributed by atoms with E-state index in [2.05, 4.69) is 34.5 Å². The second-order valence-electron chi connectivity index (χ2n) is 6.51. The number of rotatable bonds is 5. The lowest BCUT2D eigenvalue weighted by molar-refractivity contribution is 0.122. The molecule has 1 aromatic carbocycles. The maximum absolute atomic E-state index is 9.50. The molecule has 0 radical (unpaired) electrons. The van der Waals surface area contributed by atoms with Crippen LogP contribution in [0.15, 0.2) is 24.3 Å². The summed E-state index contributed by atoms with van der Waals surface area (Å²) in [5.74, 6) is 1.09. The minimum atomic E-state index is 0.336. The first-order chi connectivity index (χ1) is 10.9. The molecule has 2 atom stereocenters. The number of aliphatic hydroxyl groups excluding tert-OH is 1. The highest BCUT2D eigenvalue weighted by Crippen LogP contribution is 2.30. The number of anilines is 2. The molecule has 4 nitrogen and oxygen atoms in total. The summed E-state index contributed by atoms with van der Waals surface area (Å²) in [6, 6.07) is 8.72. The Labute approximate surface area is 133 Å². The third-order valence-corrected chi connectivity index (χ3v) is 5.11. The normalized spacial score (nSPS) is 26.0. The van der Waals surface area contributed by atoms with Crippen molar-refractivity contribution in [2.45, 2.75) is 25.7 Å². The summed E-state index contributed by atoms with van der Waals surface area (Å²) < 4.78 is 5.40. The number of benzene rings is 1. The number of nitrogens with zero attached hydrogens (tertiary/aromatic N) is 1. The molecule has 1 aromatic rings. The van der Waals surface area contributed by atoms with E-state index in [9.17, 15) is 5.11 Å². The number of hydrogen-bond donors (Lipinski definition) is 2. The lowest BCUT2D eigenvalue weighted by atomic mass is 9.79. The van der Waals surface area contributed by atoms with Gasteiger partial charge in [-0.1, -0.05) is 12.8 Å². The van der Waals surface area contributed by atoms with Crippen molar-refractivity contribution in [3.63, 3.8) is 0 Å². The van der Waals surface area contributed by atoms with Crippen LogP contribution < -0.4 is 10.2 Å². The molecule has 1 heterocycles. The van der Waals surface area contributed by atoms with Crippen molar-refractivity contribution in [2.24, 2.45) is 11.8 Å². The van der Waals surface area contributed by atoms with Crippen molar-refractivity contribution >= 4 is 11.4 Å². The monoisotopic (exact) mass is 304 g/mol. The van der Waals surface area contributed by atoms with Gasteiger partial charge in [-0.2, -0.15) is 0 Å². The zero-order chi connectivity index (χ0) is 15.2. The number of hydrogen-bond acceptors (Lipinski definition) is 4. The van der Waals surface area contributed by atoms with Gasteiger partial charge in [-0.15, -0.1) is 0 Å². The lowest BCUT2D eigenvalue weighted by Gasteiger charge is -2.31. The maximum atomic E-state index is 9.50. The zero-order valence-corrected chi connectivity index (χ0v) is 13.3. The second-order valence-corrected chi connectivity index (χ2v) is 6.51. The van der Waals surface area contributed by atoms with E-state index in [4.69, 9.17) is 4.74 Å². The van der Waals surface area contributed by atoms with Gasteiger partial charge < -0.3 is 20.1 Å². The van der Waals surface area contributed by atoms with E-state index < -0.39 is 0 Å². The van der Waals surface area contributed by atoms with Gasteiger partial charge in [0.2, 0.25) is 0 Å². The van der Waals surface area contributed by atoms with Crippen molar-refractivity contribution in [2.75, 3.05) is 49.7 Å². The van der Waals surface area contributed by atoms with E-state index in [-0.39, 0.29) is 0 Å². The Balaban J connectivity index is 1.52. The Kier molecular flexibility index (Phi) is 5.57. The van der Waals surface area contributed by atoms with Crippen LogP contribution in [0.2, 0.25) is 0 Å². The largest absolute Gasteiger partial charge is 0.396 e. The summed E-state index contributed by atoms with van der Waals surface area (Å²) in [4.78, 5) is 2.37. The predicted molar refractivity (Wildman–Crippen MR) is 90.5 cm³/mol. The second kappa shape index (κ2) is 7.84. The molecule has 2 N–H and O–H groups in total. The Morgan fingerprint density at radius 2 is 1.73 bits per heavy atom. The molecule has 0 amide bonds. The van der Waals surface area contributed by atoms with Gasteiger partial charge in [-0.05, 0) is 48.9 Å². The summed E-state index contributed by atoms with van der Waals surface area (Å²) in [6.45, 7) is 4.92. The van der Waals surface area contributed by atoms with Crippen LogP contribution in [0.4, 0.5) is 11.4 Å². The van der Waals surface area contributed by atoms with Crippen LogP contribution in [0, 0.1) is 11.8 Å². The van der Waals surface area contributed by atoms with Crippen LogP contribution in [0.1, 0.15) is 25.7 Å². The third-order valence-electron chi connectivity index (χ3n) is 5.11. The number of aliphatic hydroxyl groups is 1. The van der Waals surface area contributed by atoms with Crippen LogP contribution in [-0.4, -0.2) is 44.6 Å². The molecule has 122 valence electrons. The SMILES string of the molecule is OCC1CCCCC1CNc1ccc(N2CCOCC2)cc1. The molecular weight excluding hydrogens is 276 g/mol. The maximum Gasteiger partial charge on any atom is 0.0642 e. The average molecular weight is 304 g/mol. The fourth-order valence-corrected chi connectivity index (χ4v) is 3.65. The van der Waals surface area contributed by atoms with Gasteiger partial charge in [0, 0.05) is 37.6 Å². The van der Waals surface area contributed by atoms with Gasteiger partial charge in [0.25, 0.3) is 0 Å². The topological polar surface area (TPSA) is 44.7 Å². The van der Waals surface area contributed by atoms with E-state index >= 15 is 0 Å². The number of morpholine rings is 1. The average Bonchev–Trinajstić information content (AvgIpc) is 2.61.